The van der Waals surface area contributed by atoms with E-state index in [1.54, 1.807) is 11.1 Å². The van der Waals surface area contributed by atoms with Crippen LogP contribution in [0.3, 0.4) is 0 Å². The van der Waals surface area contributed by atoms with E-state index in [1.807, 2.05) is 33.9 Å². The lowest BCUT2D eigenvalue weighted by Crippen LogP contribution is -2.45. The molecule has 1 aliphatic heterocycles. The molecule has 1 amide bonds. The summed E-state index contributed by atoms with van der Waals surface area (Å²) < 4.78 is 5.47. The van der Waals surface area contributed by atoms with E-state index in [-0.39, 0.29) is 11.4 Å². The molecule has 0 radical (unpaired) electrons. The first kappa shape index (κ1) is 17.8. The summed E-state index contributed by atoms with van der Waals surface area (Å²) in [5.74, 6) is 1.18. The minimum atomic E-state index is -0.460. The fourth-order valence-corrected chi connectivity index (χ4v) is 2.87. The molecule has 2 rings (SSSR count). The third kappa shape index (κ3) is 5.53. The minimum absolute atomic E-state index is 0.227. The number of halogens is 1. The number of aromatic nitrogens is 2. The van der Waals surface area contributed by atoms with Crippen LogP contribution in [0, 0.1) is 5.92 Å². The van der Waals surface area contributed by atoms with Crippen molar-refractivity contribution < 1.29 is 9.53 Å². The summed E-state index contributed by atoms with van der Waals surface area (Å²) in [5, 5.41) is 0.244. The fourth-order valence-electron chi connectivity index (χ4n) is 2.73. The zero-order chi connectivity index (χ0) is 17.0. The van der Waals surface area contributed by atoms with Gasteiger partial charge in [-0.05, 0) is 57.2 Å². The Morgan fingerprint density at radius 1 is 1.52 bits per heavy atom. The van der Waals surface area contributed by atoms with Crippen LogP contribution < -0.4 is 4.90 Å². The molecule has 1 saturated heterocycles. The number of hydrogen-bond acceptors (Lipinski definition) is 5. The number of hydrogen-bond donors (Lipinski definition) is 0. The Morgan fingerprint density at radius 3 is 2.91 bits per heavy atom. The van der Waals surface area contributed by atoms with E-state index in [0.717, 1.165) is 31.7 Å². The molecule has 0 aromatic carbocycles. The first-order valence-electron chi connectivity index (χ1n) is 7.92. The number of amides is 1. The van der Waals surface area contributed by atoms with Crippen LogP contribution in [0.15, 0.2) is 12.3 Å². The number of piperidine rings is 1. The summed E-state index contributed by atoms with van der Waals surface area (Å²) >= 11 is 5.84. The molecule has 128 valence electrons. The highest BCUT2D eigenvalue weighted by atomic mass is 35.5. The maximum absolute atomic E-state index is 12.2. The molecular weight excluding hydrogens is 316 g/mol. The predicted octanol–water partition coefficient (Wildman–Crippen LogP) is 3.21. The maximum Gasteiger partial charge on any atom is 0.410 e. The van der Waals surface area contributed by atoms with Crippen LogP contribution in [0.1, 0.15) is 33.6 Å². The highest BCUT2D eigenvalue weighted by Gasteiger charge is 2.28. The maximum atomic E-state index is 12.2. The van der Waals surface area contributed by atoms with Crippen molar-refractivity contribution in [3.63, 3.8) is 0 Å². The van der Waals surface area contributed by atoms with E-state index in [9.17, 15) is 4.79 Å². The second-order valence-electron chi connectivity index (χ2n) is 7.00. The van der Waals surface area contributed by atoms with Crippen LogP contribution >= 0.6 is 11.6 Å². The normalized spacial score (nSPS) is 18.7. The van der Waals surface area contributed by atoms with E-state index in [0.29, 0.717) is 12.5 Å². The highest BCUT2D eigenvalue weighted by Crippen LogP contribution is 2.21. The molecule has 0 aliphatic carbocycles. The molecular formula is C16H25ClN4O2. The first-order chi connectivity index (χ1) is 10.7. The lowest BCUT2D eigenvalue weighted by molar-refractivity contribution is 0.0170. The third-order valence-electron chi connectivity index (χ3n) is 3.71. The van der Waals surface area contributed by atoms with Crippen molar-refractivity contribution in [3.05, 3.63) is 17.5 Å². The minimum Gasteiger partial charge on any atom is -0.444 e. The molecule has 23 heavy (non-hydrogen) atoms. The van der Waals surface area contributed by atoms with Gasteiger partial charge in [-0.3, -0.25) is 0 Å². The number of carbonyl (C=O) groups is 1. The fraction of sp³-hybridized carbons (Fsp3) is 0.688. The Labute approximate surface area is 142 Å². The highest BCUT2D eigenvalue weighted by molar-refractivity contribution is 6.28. The third-order valence-corrected chi connectivity index (χ3v) is 3.89. The molecule has 7 heteroatoms. The Morgan fingerprint density at radius 2 is 2.26 bits per heavy atom. The van der Waals surface area contributed by atoms with E-state index >= 15 is 0 Å². The molecule has 1 fully saturated rings. The topological polar surface area (TPSA) is 58.6 Å². The van der Waals surface area contributed by atoms with E-state index in [2.05, 4.69) is 14.9 Å². The zero-order valence-electron chi connectivity index (χ0n) is 14.3. The molecule has 0 N–H and O–H groups in total. The monoisotopic (exact) mass is 340 g/mol. The average molecular weight is 341 g/mol. The van der Waals surface area contributed by atoms with Crippen molar-refractivity contribution in [2.24, 2.45) is 5.92 Å². The van der Waals surface area contributed by atoms with Gasteiger partial charge in [-0.25, -0.2) is 14.8 Å². The molecule has 0 saturated carbocycles. The van der Waals surface area contributed by atoms with E-state index in [1.165, 1.54) is 0 Å². The Balaban J connectivity index is 1.92. The number of likely N-dealkylation sites (tertiary alicyclic amines) is 1. The summed E-state index contributed by atoms with van der Waals surface area (Å²) in [5.41, 5.74) is -0.460. The van der Waals surface area contributed by atoms with Gasteiger partial charge in [0.1, 0.15) is 11.4 Å². The van der Waals surface area contributed by atoms with Crippen LogP contribution in [0.25, 0.3) is 0 Å². The number of nitrogens with zero attached hydrogens (tertiary/aromatic N) is 4. The molecule has 2 heterocycles. The molecule has 0 bridgehead atoms. The van der Waals surface area contributed by atoms with E-state index in [4.69, 9.17) is 16.3 Å². The van der Waals surface area contributed by atoms with Crippen LogP contribution in [0.4, 0.5) is 10.6 Å². The van der Waals surface area contributed by atoms with Crippen molar-refractivity contribution in [1.82, 2.24) is 14.9 Å². The van der Waals surface area contributed by atoms with Gasteiger partial charge in [0.05, 0.1) is 0 Å². The Hall–Kier alpha value is -1.56. The lowest BCUT2D eigenvalue weighted by atomic mass is 9.98. The number of rotatable bonds is 3. The van der Waals surface area contributed by atoms with Crippen LogP contribution in [-0.2, 0) is 4.74 Å². The van der Waals surface area contributed by atoms with Gasteiger partial charge in [0.25, 0.3) is 0 Å². The smallest absolute Gasteiger partial charge is 0.410 e. The molecule has 1 aromatic heterocycles. The van der Waals surface area contributed by atoms with Gasteiger partial charge in [-0.1, -0.05) is 0 Å². The van der Waals surface area contributed by atoms with Crippen molar-refractivity contribution in [2.45, 2.75) is 39.2 Å². The standard InChI is InChI=1S/C16H25ClN4O2/c1-16(2,3)23-15(22)21-9-5-6-12(11-21)10-20(4)13-7-8-18-14(17)19-13/h7-8,12H,5-6,9-11H2,1-4H3. The Bertz CT molecular complexity index is 547. The summed E-state index contributed by atoms with van der Waals surface area (Å²) in [6.07, 6.45) is 3.50. The van der Waals surface area contributed by atoms with Gasteiger partial charge in [-0.15, -0.1) is 0 Å². The van der Waals surface area contributed by atoms with Gasteiger partial charge >= 0.3 is 6.09 Å². The van der Waals surface area contributed by atoms with Gasteiger partial charge in [0.15, 0.2) is 0 Å². The van der Waals surface area contributed by atoms with Gasteiger partial charge in [0, 0.05) is 32.9 Å². The quantitative estimate of drug-likeness (QED) is 0.791. The Kier molecular flexibility index (Phi) is 5.68. The average Bonchev–Trinajstić information content (AvgIpc) is 2.45. The lowest BCUT2D eigenvalue weighted by Gasteiger charge is -2.35. The molecule has 1 aliphatic rings. The van der Waals surface area contributed by atoms with Crippen molar-refractivity contribution in [2.75, 3.05) is 31.6 Å². The molecule has 1 unspecified atom stereocenters. The molecule has 6 nitrogen and oxygen atoms in total. The van der Waals surface area contributed by atoms with Gasteiger partial charge in [0.2, 0.25) is 5.28 Å². The van der Waals surface area contributed by atoms with Crippen LogP contribution in [-0.4, -0.2) is 53.2 Å². The SMILES string of the molecule is CN(CC1CCCN(C(=O)OC(C)(C)C)C1)c1ccnc(Cl)n1. The molecule has 1 aromatic rings. The molecule has 1 atom stereocenters. The number of carbonyl (C=O) groups excluding carboxylic acids is 1. The van der Waals surface area contributed by atoms with Gasteiger partial charge < -0.3 is 14.5 Å². The largest absolute Gasteiger partial charge is 0.444 e. The zero-order valence-corrected chi connectivity index (χ0v) is 15.0. The number of ether oxygens (including phenoxy) is 1. The second kappa shape index (κ2) is 7.34. The second-order valence-corrected chi connectivity index (χ2v) is 7.34. The number of anilines is 1. The van der Waals surface area contributed by atoms with Gasteiger partial charge in [-0.2, -0.15) is 0 Å². The van der Waals surface area contributed by atoms with Crippen molar-refractivity contribution in [1.29, 1.82) is 0 Å². The van der Waals surface area contributed by atoms with Crippen LogP contribution in [0.5, 0.6) is 0 Å². The van der Waals surface area contributed by atoms with Crippen molar-refractivity contribution in [3.8, 4) is 0 Å². The van der Waals surface area contributed by atoms with Crippen molar-refractivity contribution >= 4 is 23.5 Å². The summed E-state index contributed by atoms with van der Waals surface area (Å²) in [4.78, 5) is 24.2. The van der Waals surface area contributed by atoms with E-state index < -0.39 is 5.60 Å². The molecule has 0 spiro atoms. The van der Waals surface area contributed by atoms with Crippen LogP contribution in [0.2, 0.25) is 5.28 Å². The first-order valence-corrected chi connectivity index (χ1v) is 8.30. The summed E-state index contributed by atoms with van der Waals surface area (Å²) in [6.45, 7) is 7.94. The predicted molar refractivity (Wildman–Crippen MR) is 90.8 cm³/mol. The summed E-state index contributed by atoms with van der Waals surface area (Å²) in [7, 11) is 1.98. The summed E-state index contributed by atoms with van der Waals surface area (Å²) in [6, 6.07) is 1.83.